The van der Waals surface area contributed by atoms with Crippen LogP contribution < -0.4 is 5.32 Å². The summed E-state index contributed by atoms with van der Waals surface area (Å²) in [4.78, 5) is 11.6. The number of amides is 1. The fourth-order valence-electron chi connectivity index (χ4n) is 1.57. The van der Waals surface area contributed by atoms with Crippen LogP contribution in [0.3, 0.4) is 0 Å². The average molecular weight is 277 g/mol. The number of hydrogen-bond donors (Lipinski definition) is 1. The van der Waals surface area contributed by atoms with E-state index < -0.39 is 24.3 Å². The maximum absolute atomic E-state index is 13.6. The highest BCUT2D eigenvalue weighted by molar-refractivity contribution is 5.94. The van der Waals surface area contributed by atoms with Crippen LogP contribution in [0.5, 0.6) is 0 Å². The van der Waals surface area contributed by atoms with Crippen molar-refractivity contribution in [3.05, 3.63) is 35.1 Å². The summed E-state index contributed by atoms with van der Waals surface area (Å²) in [6, 6.07) is 4.43. The van der Waals surface area contributed by atoms with Gasteiger partial charge in [-0.1, -0.05) is 12.1 Å². The summed E-state index contributed by atoms with van der Waals surface area (Å²) in [7, 11) is 0. The lowest BCUT2D eigenvalue weighted by Crippen LogP contribution is -2.25. The van der Waals surface area contributed by atoms with Crippen LogP contribution in [0.2, 0.25) is 0 Å². The van der Waals surface area contributed by atoms with Crippen molar-refractivity contribution in [3.63, 3.8) is 0 Å². The molecule has 0 saturated carbocycles. The topological polar surface area (TPSA) is 29.1 Å². The van der Waals surface area contributed by atoms with Crippen molar-refractivity contribution in [2.24, 2.45) is 0 Å². The highest BCUT2D eigenvalue weighted by Gasteiger charge is 2.25. The van der Waals surface area contributed by atoms with Gasteiger partial charge in [0, 0.05) is 13.0 Å². The van der Waals surface area contributed by atoms with Gasteiger partial charge in [0.05, 0.1) is 5.56 Å². The highest BCUT2D eigenvalue weighted by atomic mass is 19.4. The van der Waals surface area contributed by atoms with E-state index in [0.717, 1.165) is 0 Å². The predicted molar refractivity (Wildman–Crippen MR) is 63.4 cm³/mol. The zero-order valence-corrected chi connectivity index (χ0v) is 10.5. The van der Waals surface area contributed by atoms with E-state index in [9.17, 15) is 22.4 Å². The Balaban J connectivity index is 2.38. The lowest BCUT2D eigenvalue weighted by Gasteiger charge is -2.08. The quantitative estimate of drug-likeness (QED) is 0.646. The molecule has 1 rings (SSSR count). The third-order valence-electron chi connectivity index (χ3n) is 2.61. The summed E-state index contributed by atoms with van der Waals surface area (Å²) in [5.41, 5.74) is 0.264. The van der Waals surface area contributed by atoms with Crippen LogP contribution in [-0.2, 0) is 0 Å². The first-order chi connectivity index (χ1) is 8.81. The maximum atomic E-state index is 13.6. The highest BCUT2D eigenvalue weighted by Crippen LogP contribution is 2.21. The number of hydrogen-bond acceptors (Lipinski definition) is 1. The monoisotopic (exact) mass is 277 g/mol. The molecular weight excluding hydrogens is 262 g/mol. The Labute approximate surface area is 108 Å². The largest absolute Gasteiger partial charge is 0.389 e. The Morgan fingerprint density at radius 1 is 1.26 bits per heavy atom. The number of aryl methyl sites for hydroxylation is 1. The standard InChI is InChI=1S/C13H15F4NO/c1-9-5-4-6-10(11(9)14)12(19)18-8-3-2-7-13(15,16)17/h4-6H,2-3,7-8H2,1H3,(H,18,19). The summed E-state index contributed by atoms with van der Waals surface area (Å²) < 4.78 is 49.2. The zero-order chi connectivity index (χ0) is 14.5. The van der Waals surface area contributed by atoms with Crippen molar-refractivity contribution in [1.29, 1.82) is 0 Å². The molecule has 0 bridgehead atoms. The van der Waals surface area contributed by atoms with E-state index in [-0.39, 0.29) is 24.9 Å². The number of nitrogens with one attached hydrogen (secondary N) is 1. The number of carbonyl (C=O) groups excluding carboxylic acids is 1. The molecule has 0 aromatic heterocycles. The first-order valence-electron chi connectivity index (χ1n) is 5.91. The number of halogens is 4. The molecule has 1 aromatic carbocycles. The van der Waals surface area contributed by atoms with Gasteiger partial charge < -0.3 is 5.32 Å². The smallest absolute Gasteiger partial charge is 0.352 e. The summed E-state index contributed by atoms with van der Waals surface area (Å²) in [6.45, 7) is 1.64. The second-order valence-corrected chi connectivity index (χ2v) is 4.26. The second kappa shape index (κ2) is 6.54. The summed E-state index contributed by atoms with van der Waals surface area (Å²) >= 11 is 0. The molecule has 1 aromatic rings. The van der Waals surface area contributed by atoms with Gasteiger partial charge in [-0.15, -0.1) is 0 Å². The Hall–Kier alpha value is -1.59. The predicted octanol–water partition coefficient (Wildman–Crippen LogP) is 3.60. The van der Waals surface area contributed by atoms with E-state index in [1.54, 1.807) is 6.07 Å². The Bertz CT molecular complexity index is 443. The fourth-order valence-corrected chi connectivity index (χ4v) is 1.57. The van der Waals surface area contributed by atoms with Gasteiger partial charge in [-0.25, -0.2) is 4.39 Å². The van der Waals surface area contributed by atoms with Crippen LogP contribution >= 0.6 is 0 Å². The Morgan fingerprint density at radius 2 is 1.95 bits per heavy atom. The summed E-state index contributed by atoms with van der Waals surface area (Å²) in [5, 5.41) is 2.41. The molecule has 1 amide bonds. The van der Waals surface area contributed by atoms with Crippen molar-refractivity contribution in [2.45, 2.75) is 32.4 Å². The minimum absolute atomic E-state index is 0.0555. The van der Waals surface area contributed by atoms with Gasteiger partial charge in [-0.3, -0.25) is 4.79 Å². The molecule has 2 nitrogen and oxygen atoms in total. The zero-order valence-electron chi connectivity index (χ0n) is 10.5. The molecule has 0 unspecified atom stereocenters. The SMILES string of the molecule is Cc1cccc(C(=O)NCCCCC(F)(F)F)c1F. The molecule has 0 atom stereocenters. The Morgan fingerprint density at radius 3 is 2.58 bits per heavy atom. The molecular formula is C13H15F4NO. The number of carbonyl (C=O) groups is 1. The van der Waals surface area contributed by atoms with Crippen LogP contribution in [-0.4, -0.2) is 18.6 Å². The van der Waals surface area contributed by atoms with Gasteiger partial charge in [0.15, 0.2) is 0 Å². The first-order valence-corrected chi connectivity index (χ1v) is 5.91. The minimum Gasteiger partial charge on any atom is -0.352 e. The van der Waals surface area contributed by atoms with Crippen LogP contribution in [0.1, 0.15) is 35.2 Å². The van der Waals surface area contributed by atoms with Crippen molar-refractivity contribution >= 4 is 5.91 Å². The van der Waals surface area contributed by atoms with E-state index in [2.05, 4.69) is 5.32 Å². The van der Waals surface area contributed by atoms with Crippen molar-refractivity contribution < 1.29 is 22.4 Å². The molecule has 0 heterocycles. The Kier molecular flexibility index (Phi) is 5.32. The average Bonchev–Trinajstić information content (AvgIpc) is 2.30. The number of rotatable bonds is 5. The van der Waals surface area contributed by atoms with Gasteiger partial charge >= 0.3 is 6.18 Å². The molecule has 19 heavy (non-hydrogen) atoms. The summed E-state index contributed by atoms with van der Waals surface area (Å²) in [5.74, 6) is -1.21. The van der Waals surface area contributed by atoms with Crippen molar-refractivity contribution in [2.75, 3.05) is 6.54 Å². The van der Waals surface area contributed by atoms with E-state index >= 15 is 0 Å². The molecule has 1 N–H and O–H groups in total. The molecule has 106 valence electrons. The molecule has 0 saturated heterocycles. The van der Waals surface area contributed by atoms with E-state index in [4.69, 9.17) is 0 Å². The van der Waals surface area contributed by atoms with Crippen molar-refractivity contribution in [1.82, 2.24) is 5.32 Å². The van der Waals surface area contributed by atoms with Crippen LogP contribution in [0.25, 0.3) is 0 Å². The summed E-state index contributed by atoms with van der Waals surface area (Å²) in [6.07, 6.45) is -4.90. The van der Waals surface area contributed by atoms with Gasteiger partial charge in [0.25, 0.3) is 5.91 Å². The molecule has 0 aliphatic carbocycles. The molecule has 6 heteroatoms. The number of benzene rings is 1. The number of unbranched alkanes of at least 4 members (excludes halogenated alkanes) is 1. The normalized spacial score (nSPS) is 11.4. The van der Waals surface area contributed by atoms with Gasteiger partial charge in [-0.2, -0.15) is 13.2 Å². The van der Waals surface area contributed by atoms with Gasteiger partial charge in [-0.05, 0) is 31.4 Å². The van der Waals surface area contributed by atoms with E-state index in [1.807, 2.05) is 0 Å². The maximum Gasteiger partial charge on any atom is 0.389 e. The lowest BCUT2D eigenvalue weighted by atomic mass is 10.1. The third-order valence-corrected chi connectivity index (χ3v) is 2.61. The molecule has 0 spiro atoms. The van der Waals surface area contributed by atoms with Crippen LogP contribution in [0, 0.1) is 12.7 Å². The molecule has 0 aliphatic heterocycles. The van der Waals surface area contributed by atoms with Gasteiger partial charge in [0.1, 0.15) is 5.82 Å². The molecule has 0 aliphatic rings. The minimum atomic E-state index is -4.17. The second-order valence-electron chi connectivity index (χ2n) is 4.26. The van der Waals surface area contributed by atoms with Crippen LogP contribution in [0.15, 0.2) is 18.2 Å². The van der Waals surface area contributed by atoms with Gasteiger partial charge in [0.2, 0.25) is 0 Å². The molecule has 0 radical (unpaired) electrons. The van der Waals surface area contributed by atoms with Crippen molar-refractivity contribution in [3.8, 4) is 0 Å². The first kappa shape index (κ1) is 15.5. The van der Waals surface area contributed by atoms with Crippen LogP contribution in [0.4, 0.5) is 17.6 Å². The fraction of sp³-hybridized carbons (Fsp3) is 0.462. The third kappa shape index (κ3) is 5.28. The van der Waals surface area contributed by atoms with E-state index in [1.165, 1.54) is 19.1 Å². The van der Waals surface area contributed by atoms with E-state index in [0.29, 0.717) is 5.56 Å². The lowest BCUT2D eigenvalue weighted by molar-refractivity contribution is -0.135. The number of alkyl halides is 3. The molecule has 0 fully saturated rings.